The van der Waals surface area contributed by atoms with Crippen LogP contribution in [0, 0.1) is 5.92 Å². The van der Waals surface area contributed by atoms with Crippen LogP contribution in [0.2, 0.25) is 0 Å². The van der Waals surface area contributed by atoms with Gasteiger partial charge in [-0.2, -0.15) is 0 Å². The van der Waals surface area contributed by atoms with Gasteiger partial charge in [0.05, 0.1) is 19.1 Å². The van der Waals surface area contributed by atoms with E-state index in [1.54, 1.807) is 0 Å². The van der Waals surface area contributed by atoms with E-state index in [-0.39, 0.29) is 5.92 Å². The molecule has 0 unspecified atom stereocenters. The van der Waals surface area contributed by atoms with Crippen LogP contribution in [0.4, 0.5) is 0 Å². The molecule has 1 N–H and O–H groups in total. The maximum atomic E-state index is 11.8. The van der Waals surface area contributed by atoms with E-state index in [0.29, 0.717) is 19.1 Å². The molecule has 0 bridgehead atoms. The number of hydrogen-bond donors (Lipinski definition) is 1. The highest BCUT2D eigenvalue weighted by atomic mass is 16.5. The number of carbonyl (C=O) groups excluding carboxylic acids is 1. The molecular weight excluding hydrogens is 168 g/mol. The average Bonchev–Trinajstić information content (AvgIpc) is 2.71. The van der Waals surface area contributed by atoms with Gasteiger partial charge < -0.3 is 15.0 Å². The van der Waals surface area contributed by atoms with Gasteiger partial charge in [-0.25, -0.2) is 0 Å². The van der Waals surface area contributed by atoms with Crippen LogP contribution in [-0.4, -0.2) is 50.2 Å². The quantitative estimate of drug-likeness (QED) is 0.595. The number of nitrogens with zero attached hydrogens (tertiary/aromatic N) is 1. The molecule has 0 spiro atoms. The normalized spacial score (nSPS) is 29.2. The summed E-state index contributed by atoms with van der Waals surface area (Å²) in [5.41, 5.74) is 0. The van der Waals surface area contributed by atoms with E-state index >= 15 is 0 Å². The van der Waals surface area contributed by atoms with Crippen LogP contribution < -0.4 is 5.32 Å². The van der Waals surface area contributed by atoms with Gasteiger partial charge in [0, 0.05) is 19.6 Å². The van der Waals surface area contributed by atoms with Gasteiger partial charge in [-0.05, 0) is 13.0 Å². The van der Waals surface area contributed by atoms with E-state index in [1.807, 2.05) is 4.90 Å². The number of nitrogens with one attached hydrogen (secondary N) is 1. The third-order valence-corrected chi connectivity index (χ3v) is 2.73. The average molecular weight is 184 g/mol. The molecule has 2 aliphatic rings. The summed E-state index contributed by atoms with van der Waals surface area (Å²) in [7, 11) is 0. The highest BCUT2D eigenvalue weighted by Crippen LogP contribution is 2.12. The Bertz CT molecular complexity index is 184. The lowest BCUT2D eigenvalue weighted by molar-refractivity contribution is -0.139. The van der Waals surface area contributed by atoms with Crippen molar-refractivity contribution < 1.29 is 9.53 Å². The van der Waals surface area contributed by atoms with Crippen LogP contribution >= 0.6 is 0 Å². The molecule has 4 nitrogen and oxygen atoms in total. The summed E-state index contributed by atoms with van der Waals surface area (Å²) in [4.78, 5) is 13.8. The van der Waals surface area contributed by atoms with Gasteiger partial charge in [0.2, 0.25) is 5.91 Å². The van der Waals surface area contributed by atoms with Crippen LogP contribution in [0.15, 0.2) is 0 Å². The molecule has 74 valence electrons. The second-order valence-electron chi connectivity index (χ2n) is 3.63. The van der Waals surface area contributed by atoms with E-state index in [1.165, 1.54) is 0 Å². The van der Waals surface area contributed by atoms with Crippen molar-refractivity contribution >= 4 is 5.91 Å². The summed E-state index contributed by atoms with van der Waals surface area (Å²) in [6, 6.07) is 0. The zero-order valence-corrected chi connectivity index (χ0v) is 7.79. The summed E-state index contributed by atoms with van der Waals surface area (Å²) in [5.74, 6) is 0.534. The lowest BCUT2D eigenvalue weighted by atomic mass is 10.1. The Labute approximate surface area is 78.2 Å². The first-order valence-corrected chi connectivity index (χ1v) is 4.95. The second kappa shape index (κ2) is 4.07. The summed E-state index contributed by atoms with van der Waals surface area (Å²) in [6.45, 7) is 4.79. The molecule has 0 aliphatic carbocycles. The Kier molecular flexibility index (Phi) is 2.80. The van der Waals surface area contributed by atoms with Gasteiger partial charge in [0.25, 0.3) is 0 Å². The molecule has 2 fully saturated rings. The predicted molar refractivity (Wildman–Crippen MR) is 48.4 cm³/mol. The Balaban J connectivity index is 1.87. The smallest absolute Gasteiger partial charge is 0.227 e. The maximum absolute atomic E-state index is 11.8. The minimum atomic E-state index is 0.220. The zero-order valence-electron chi connectivity index (χ0n) is 7.79. The van der Waals surface area contributed by atoms with E-state index in [0.717, 1.165) is 32.6 Å². The van der Waals surface area contributed by atoms with Crippen LogP contribution in [0.3, 0.4) is 0 Å². The summed E-state index contributed by atoms with van der Waals surface area (Å²) >= 11 is 0. The van der Waals surface area contributed by atoms with Gasteiger partial charge in [-0.1, -0.05) is 0 Å². The molecule has 0 radical (unpaired) electrons. The number of hydrogen-bond acceptors (Lipinski definition) is 3. The summed E-state index contributed by atoms with van der Waals surface area (Å²) in [6.07, 6.45) is 0.996. The van der Waals surface area contributed by atoms with E-state index in [9.17, 15) is 4.79 Å². The van der Waals surface area contributed by atoms with Crippen molar-refractivity contribution in [2.75, 3.05) is 39.4 Å². The monoisotopic (exact) mass is 184 g/mol. The standard InChI is InChI=1S/C9H16N2O2/c12-9(8-1-2-10-7-8)11-3-5-13-6-4-11/h8,10H,1-7H2/t8-/m0/s1. The van der Waals surface area contributed by atoms with Crippen LogP contribution in [0.1, 0.15) is 6.42 Å². The molecule has 0 aromatic rings. The van der Waals surface area contributed by atoms with Gasteiger partial charge >= 0.3 is 0 Å². The molecule has 2 aliphatic heterocycles. The van der Waals surface area contributed by atoms with E-state index in [2.05, 4.69) is 5.32 Å². The molecule has 1 atom stereocenters. The first-order valence-electron chi connectivity index (χ1n) is 4.95. The summed E-state index contributed by atoms with van der Waals surface area (Å²) in [5, 5.41) is 3.21. The van der Waals surface area contributed by atoms with Crippen molar-refractivity contribution in [3.8, 4) is 0 Å². The predicted octanol–water partition coefficient (Wildman–Crippen LogP) is -0.545. The highest BCUT2D eigenvalue weighted by Gasteiger charge is 2.27. The second-order valence-corrected chi connectivity index (χ2v) is 3.63. The number of rotatable bonds is 1. The van der Waals surface area contributed by atoms with E-state index in [4.69, 9.17) is 4.74 Å². The van der Waals surface area contributed by atoms with Crippen LogP contribution in [0.25, 0.3) is 0 Å². The third kappa shape index (κ3) is 2.00. The largest absolute Gasteiger partial charge is 0.378 e. The molecule has 2 rings (SSSR count). The topological polar surface area (TPSA) is 41.6 Å². The molecule has 0 saturated carbocycles. The molecular formula is C9H16N2O2. The first-order chi connectivity index (χ1) is 6.38. The molecule has 2 heterocycles. The van der Waals surface area contributed by atoms with Gasteiger partial charge in [0.1, 0.15) is 0 Å². The SMILES string of the molecule is O=C([C@H]1CCNC1)N1CCOCC1. The molecule has 0 aromatic heterocycles. The Morgan fingerprint density at radius 2 is 2.15 bits per heavy atom. The number of ether oxygens (including phenoxy) is 1. The lowest BCUT2D eigenvalue weighted by Crippen LogP contribution is -2.44. The fourth-order valence-corrected chi connectivity index (χ4v) is 1.91. The molecule has 1 amide bonds. The number of amides is 1. The van der Waals surface area contributed by atoms with Crippen molar-refractivity contribution in [3.63, 3.8) is 0 Å². The van der Waals surface area contributed by atoms with Crippen LogP contribution in [-0.2, 0) is 9.53 Å². The Hall–Kier alpha value is -0.610. The van der Waals surface area contributed by atoms with Gasteiger partial charge in [-0.15, -0.1) is 0 Å². The molecule has 0 aromatic carbocycles. The fraction of sp³-hybridized carbons (Fsp3) is 0.889. The molecule has 2 saturated heterocycles. The third-order valence-electron chi connectivity index (χ3n) is 2.73. The van der Waals surface area contributed by atoms with Gasteiger partial charge in [-0.3, -0.25) is 4.79 Å². The first kappa shape index (κ1) is 8.97. The Morgan fingerprint density at radius 1 is 1.38 bits per heavy atom. The number of carbonyl (C=O) groups is 1. The molecule has 4 heteroatoms. The highest BCUT2D eigenvalue weighted by molar-refractivity contribution is 5.79. The minimum Gasteiger partial charge on any atom is -0.378 e. The summed E-state index contributed by atoms with van der Waals surface area (Å²) < 4.78 is 5.20. The van der Waals surface area contributed by atoms with Crippen molar-refractivity contribution in [3.05, 3.63) is 0 Å². The van der Waals surface area contributed by atoms with Crippen molar-refractivity contribution in [1.29, 1.82) is 0 Å². The van der Waals surface area contributed by atoms with Crippen molar-refractivity contribution in [2.24, 2.45) is 5.92 Å². The lowest BCUT2D eigenvalue weighted by Gasteiger charge is -2.28. The van der Waals surface area contributed by atoms with Crippen molar-refractivity contribution in [1.82, 2.24) is 10.2 Å². The van der Waals surface area contributed by atoms with Crippen molar-refractivity contribution in [2.45, 2.75) is 6.42 Å². The fourth-order valence-electron chi connectivity index (χ4n) is 1.91. The minimum absolute atomic E-state index is 0.220. The van der Waals surface area contributed by atoms with Crippen LogP contribution in [0.5, 0.6) is 0 Å². The zero-order chi connectivity index (χ0) is 9.10. The van der Waals surface area contributed by atoms with E-state index < -0.39 is 0 Å². The van der Waals surface area contributed by atoms with Gasteiger partial charge in [0.15, 0.2) is 0 Å². The maximum Gasteiger partial charge on any atom is 0.227 e. The Morgan fingerprint density at radius 3 is 2.77 bits per heavy atom. The molecule has 13 heavy (non-hydrogen) atoms. The number of morpholine rings is 1.